The fourth-order valence-electron chi connectivity index (χ4n) is 2.14. The Balaban J connectivity index is 1.65. The first-order valence-electron chi connectivity index (χ1n) is 7.40. The van der Waals surface area contributed by atoms with E-state index in [1.165, 1.54) is 16.9 Å². The number of rotatable bonds is 5. The molecule has 2 aromatic heterocycles. The van der Waals surface area contributed by atoms with Gasteiger partial charge < -0.3 is 5.32 Å². The summed E-state index contributed by atoms with van der Waals surface area (Å²) in [7, 11) is 0. The lowest BCUT2D eigenvalue weighted by Crippen LogP contribution is -2.14. The standard InChI is InChI=1S/C17H17N3OS2/c1-3-12-4-6-13(7-5-12)16-19-14(10-22-16)8-15(21)20-17-18-9-11(2)23-17/h4-7,9-10H,3,8H2,1-2H3,(H,18,20,21). The van der Waals surface area contributed by atoms with Crippen molar-refractivity contribution in [2.45, 2.75) is 26.7 Å². The highest BCUT2D eigenvalue weighted by Gasteiger charge is 2.10. The maximum atomic E-state index is 12.0. The largest absolute Gasteiger partial charge is 0.302 e. The van der Waals surface area contributed by atoms with Crippen LogP contribution in [0.5, 0.6) is 0 Å². The Kier molecular flexibility index (Phi) is 4.83. The molecule has 2 heterocycles. The molecule has 3 rings (SSSR count). The van der Waals surface area contributed by atoms with Crippen LogP contribution in [0, 0.1) is 6.92 Å². The number of hydrogen-bond acceptors (Lipinski definition) is 5. The number of anilines is 1. The molecule has 0 spiro atoms. The molecule has 1 amide bonds. The van der Waals surface area contributed by atoms with E-state index in [1.54, 1.807) is 17.5 Å². The Morgan fingerprint density at radius 1 is 1.26 bits per heavy atom. The van der Waals surface area contributed by atoms with E-state index in [2.05, 4.69) is 46.5 Å². The van der Waals surface area contributed by atoms with Gasteiger partial charge in [0, 0.05) is 22.0 Å². The second-order valence-electron chi connectivity index (χ2n) is 5.20. The summed E-state index contributed by atoms with van der Waals surface area (Å²) in [6, 6.07) is 8.40. The van der Waals surface area contributed by atoms with E-state index >= 15 is 0 Å². The molecule has 0 aliphatic carbocycles. The van der Waals surface area contributed by atoms with E-state index in [0.717, 1.165) is 27.6 Å². The van der Waals surface area contributed by atoms with Crippen molar-refractivity contribution >= 4 is 33.7 Å². The predicted octanol–water partition coefficient (Wildman–Crippen LogP) is 4.32. The Morgan fingerprint density at radius 2 is 2.04 bits per heavy atom. The Labute approximate surface area is 143 Å². The first kappa shape index (κ1) is 15.8. The molecule has 0 bridgehead atoms. The van der Waals surface area contributed by atoms with Crippen molar-refractivity contribution in [3.05, 3.63) is 52.0 Å². The first-order valence-corrected chi connectivity index (χ1v) is 9.09. The van der Waals surface area contributed by atoms with Gasteiger partial charge in [0.15, 0.2) is 5.13 Å². The van der Waals surface area contributed by atoms with E-state index < -0.39 is 0 Å². The minimum absolute atomic E-state index is 0.0856. The predicted molar refractivity (Wildman–Crippen MR) is 96.1 cm³/mol. The second-order valence-corrected chi connectivity index (χ2v) is 7.29. The fourth-order valence-corrected chi connectivity index (χ4v) is 3.65. The van der Waals surface area contributed by atoms with Crippen molar-refractivity contribution in [3.63, 3.8) is 0 Å². The third kappa shape index (κ3) is 4.03. The molecule has 3 aromatic rings. The molecule has 0 atom stereocenters. The number of carbonyl (C=O) groups excluding carboxylic acids is 1. The van der Waals surface area contributed by atoms with Crippen LogP contribution >= 0.6 is 22.7 Å². The van der Waals surface area contributed by atoms with Gasteiger partial charge >= 0.3 is 0 Å². The number of benzene rings is 1. The summed E-state index contributed by atoms with van der Waals surface area (Å²) in [4.78, 5) is 21.8. The van der Waals surface area contributed by atoms with Gasteiger partial charge in [-0.2, -0.15) is 0 Å². The summed E-state index contributed by atoms with van der Waals surface area (Å²) >= 11 is 3.04. The van der Waals surface area contributed by atoms with Crippen LogP contribution < -0.4 is 5.32 Å². The summed E-state index contributed by atoms with van der Waals surface area (Å²) in [5.41, 5.74) is 3.19. The van der Waals surface area contributed by atoms with Crippen LogP contribution in [0.2, 0.25) is 0 Å². The SMILES string of the molecule is CCc1ccc(-c2nc(CC(=O)Nc3ncc(C)s3)cs2)cc1. The molecule has 0 aliphatic heterocycles. The van der Waals surface area contributed by atoms with E-state index in [9.17, 15) is 4.79 Å². The Bertz CT molecular complexity index is 805. The zero-order valence-corrected chi connectivity index (χ0v) is 14.6. The average Bonchev–Trinajstić information content (AvgIpc) is 3.16. The number of nitrogens with one attached hydrogen (secondary N) is 1. The van der Waals surface area contributed by atoms with E-state index in [-0.39, 0.29) is 12.3 Å². The van der Waals surface area contributed by atoms with Gasteiger partial charge in [0.1, 0.15) is 5.01 Å². The van der Waals surface area contributed by atoms with Crippen molar-refractivity contribution in [2.75, 3.05) is 5.32 Å². The zero-order valence-electron chi connectivity index (χ0n) is 13.0. The molecule has 0 radical (unpaired) electrons. The minimum Gasteiger partial charge on any atom is -0.302 e. The quantitative estimate of drug-likeness (QED) is 0.750. The molecule has 0 fully saturated rings. The van der Waals surface area contributed by atoms with Crippen molar-refractivity contribution in [1.82, 2.24) is 9.97 Å². The van der Waals surface area contributed by atoms with Crippen LogP contribution in [0.25, 0.3) is 10.6 Å². The lowest BCUT2D eigenvalue weighted by molar-refractivity contribution is -0.115. The third-order valence-corrected chi connectivity index (χ3v) is 5.14. The van der Waals surface area contributed by atoms with Crippen LogP contribution in [-0.4, -0.2) is 15.9 Å². The molecule has 4 nitrogen and oxygen atoms in total. The summed E-state index contributed by atoms with van der Waals surface area (Å²) in [6.45, 7) is 4.10. The molecule has 6 heteroatoms. The van der Waals surface area contributed by atoms with Gasteiger partial charge in [-0.1, -0.05) is 31.2 Å². The van der Waals surface area contributed by atoms with Gasteiger partial charge in [-0.05, 0) is 18.9 Å². The molecule has 0 saturated carbocycles. The van der Waals surface area contributed by atoms with Crippen LogP contribution in [0.4, 0.5) is 5.13 Å². The zero-order chi connectivity index (χ0) is 16.2. The first-order chi connectivity index (χ1) is 11.1. The molecule has 118 valence electrons. The summed E-state index contributed by atoms with van der Waals surface area (Å²) in [5, 5.41) is 6.33. The summed E-state index contributed by atoms with van der Waals surface area (Å²) < 4.78 is 0. The van der Waals surface area contributed by atoms with E-state index in [1.807, 2.05) is 12.3 Å². The van der Waals surface area contributed by atoms with Crippen molar-refractivity contribution < 1.29 is 4.79 Å². The average molecular weight is 343 g/mol. The number of carbonyl (C=O) groups is 1. The molecule has 1 aromatic carbocycles. The molecule has 1 N–H and O–H groups in total. The highest BCUT2D eigenvalue weighted by Crippen LogP contribution is 2.24. The highest BCUT2D eigenvalue weighted by atomic mass is 32.1. The van der Waals surface area contributed by atoms with E-state index in [4.69, 9.17) is 0 Å². The lowest BCUT2D eigenvalue weighted by atomic mass is 10.1. The van der Waals surface area contributed by atoms with Crippen molar-refractivity contribution in [1.29, 1.82) is 0 Å². The minimum atomic E-state index is -0.0856. The number of aryl methyl sites for hydroxylation is 2. The molecule has 0 unspecified atom stereocenters. The molecule has 0 saturated heterocycles. The number of thiazole rings is 2. The maximum absolute atomic E-state index is 12.0. The second kappa shape index (κ2) is 7.02. The summed E-state index contributed by atoms with van der Waals surface area (Å²) in [5.74, 6) is -0.0856. The number of aromatic nitrogens is 2. The number of hydrogen-bond donors (Lipinski definition) is 1. The van der Waals surface area contributed by atoms with Crippen molar-refractivity contribution in [2.24, 2.45) is 0 Å². The van der Waals surface area contributed by atoms with Gasteiger partial charge in [0.2, 0.25) is 5.91 Å². The van der Waals surface area contributed by atoms with Crippen LogP contribution in [0.15, 0.2) is 35.8 Å². The van der Waals surface area contributed by atoms with Gasteiger partial charge in [0.25, 0.3) is 0 Å². The van der Waals surface area contributed by atoms with Crippen molar-refractivity contribution in [3.8, 4) is 10.6 Å². The Morgan fingerprint density at radius 3 is 2.70 bits per heavy atom. The number of nitrogens with zero attached hydrogens (tertiary/aromatic N) is 2. The fraction of sp³-hybridized carbons (Fsp3) is 0.235. The van der Waals surface area contributed by atoms with Gasteiger partial charge in [-0.15, -0.1) is 22.7 Å². The van der Waals surface area contributed by atoms with Crippen LogP contribution in [0.3, 0.4) is 0 Å². The van der Waals surface area contributed by atoms with Gasteiger partial charge in [-0.3, -0.25) is 4.79 Å². The maximum Gasteiger partial charge on any atom is 0.232 e. The highest BCUT2D eigenvalue weighted by molar-refractivity contribution is 7.15. The molecule has 0 aliphatic rings. The summed E-state index contributed by atoms with van der Waals surface area (Å²) in [6.07, 6.45) is 3.04. The number of amides is 1. The van der Waals surface area contributed by atoms with Gasteiger partial charge in [-0.25, -0.2) is 9.97 Å². The Hall–Kier alpha value is -2.05. The van der Waals surface area contributed by atoms with Crippen LogP contribution in [0.1, 0.15) is 23.1 Å². The smallest absolute Gasteiger partial charge is 0.232 e. The third-order valence-electron chi connectivity index (χ3n) is 3.37. The lowest BCUT2D eigenvalue weighted by Gasteiger charge is -2.00. The molecular formula is C17H17N3OS2. The van der Waals surface area contributed by atoms with Crippen LogP contribution in [-0.2, 0) is 17.6 Å². The molecular weight excluding hydrogens is 326 g/mol. The topological polar surface area (TPSA) is 54.9 Å². The molecule has 23 heavy (non-hydrogen) atoms. The van der Waals surface area contributed by atoms with Gasteiger partial charge in [0.05, 0.1) is 12.1 Å². The van der Waals surface area contributed by atoms with E-state index in [0.29, 0.717) is 5.13 Å². The monoisotopic (exact) mass is 343 g/mol. The normalized spacial score (nSPS) is 10.7.